The van der Waals surface area contributed by atoms with Gasteiger partial charge in [-0.3, -0.25) is 0 Å². The van der Waals surface area contributed by atoms with Gasteiger partial charge in [0.05, 0.1) is 5.56 Å². The van der Waals surface area contributed by atoms with E-state index in [1.807, 2.05) is 36.4 Å². The number of hydrogen-bond donors (Lipinski definition) is 0. The largest absolute Gasteiger partial charge is 0.449 e. The van der Waals surface area contributed by atoms with Crippen molar-refractivity contribution in [3.8, 4) is 11.1 Å². The number of carbonyl (C=O) groups is 1. The van der Waals surface area contributed by atoms with Crippen LogP contribution in [0.1, 0.15) is 93.5 Å². The molecule has 2 heteroatoms. The van der Waals surface area contributed by atoms with Crippen molar-refractivity contribution in [3.63, 3.8) is 0 Å². The summed E-state index contributed by atoms with van der Waals surface area (Å²) < 4.78 is 6.08. The smallest absolute Gasteiger partial charge is 0.339 e. The van der Waals surface area contributed by atoms with Gasteiger partial charge < -0.3 is 4.74 Å². The lowest BCUT2D eigenvalue weighted by Crippen LogP contribution is -2.26. The average Bonchev–Trinajstić information content (AvgIpc) is 3.11. The Morgan fingerprint density at radius 3 is 1.82 bits per heavy atom. The molecule has 1 atom stereocenters. The van der Waals surface area contributed by atoms with Gasteiger partial charge in [0.2, 0.25) is 0 Å². The summed E-state index contributed by atoms with van der Waals surface area (Å²) in [5.41, 5.74) is 6.72. The van der Waals surface area contributed by atoms with E-state index in [1.54, 1.807) is 0 Å². The van der Waals surface area contributed by atoms with Crippen molar-refractivity contribution < 1.29 is 9.53 Å². The van der Waals surface area contributed by atoms with Gasteiger partial charge in [-0.1, -0.05) is 109 Å². The third-order valence-electron chi connectivity index (χ3n) is 7.22. The molecule has 1 aliphatic carbocycles. The maximum absolute atomic E-state index is 13.2. The number of carbonyl (C=O) groups excluding carboxylic acids is 1. The average molecular weight is 441 g/mol. The minimum Gasteiger partial charge on any atom is -0.449 e. The molecular formula is C31H36O2. The van der Waals surface area contributed by atoms with Gasteiger partial charge in [0.25, 0.3) is 0 Å². The molecule has 0 heterocycles. The van der Waals surface area contributed by atoms with E-state index in [1.165, 1.54) is 5.56 Å². The summed E-state index contributed by atoms with van der Waals surface area (Å²) >= 11 is 0. The van der Waals surface area contributed by atoms with E-state index in [-0.39, 0.29) is 22.9 Å². The standard InChI is InChI=1S/C31H36O2/c1-7-31(5,6)27(20-30(2,3)4)21-16-18-22(19-17-21)29(32)33-28-25-14-10-8-12-23(25)24-13-9-11-15-26(24)28/h8-19,27-28H,7,20H2,1-6H3. The first-order valence-corrected chi connectivity index (χ1v) is 12.1. The van der Waals surface area contributed by atoms with E-state index in [4.69, 9.17) is 4.74 Å². The first kappa shape index (κ1) is 23.3. The Balaban J connectivity index is 1.58. The SMILES string of the molecule is CCC(C)(C)C(CC(C)(C)C)c1ccc(C(=O)OC2c3ccccc3-c3ccccc32)cc1. The first-order valence-electron chi connectivity index (χ1n) is 12.1. The van der Waals surface area contributed by atoms with Crippen LogP contribution in [0.4, 0.5) is 0 Å². The number of rotatable bonds is 6. The predicted octanol–water partition coefficient (Wildman–Crippen LogP) is 8.57. The fourth-order valence-electron chi connectivity index (χ4n) is 4.97. The van der Waals surface area contributed by atoms with Gasteiger partial charge in [-0.2, -0.15) is 0 Å². The van der Waals surface area contributed by atoms with Crippen molar-refractivity contribution in [2.24, 2.45) is 10.8 Å². The number of benzene rings is 3. The molecule has 2 nitrogen and oxygen atoms in total. The Bertz CT molecular complexity index is 1090. The maximum Gasteiger partial charge on any atom is 0.339 e. The zero-order valence-electron chi connectivity index (χ0n) is 20.8. The zero-order valence-corrected chi connectivity index (χ0v) is 20.8. The van der Waals surface area contributed by atoms with E-state index >= 15 is 0 Å². The van der Waals surface area contributed by atoms with E-state index < -0.39 is 0 Å². The van der Waals surface area contributed by atoms with Crippen LogP contribution >= 0.6 is 0 Å². The van der Waals surface area contributed by atoms with Crippen molar-refractivity contribution in [1.29, 1.82) is 0 Å². The van der Waals surface area contributed by atoms with Gasteiger partial charge >= 0.3 is 5.97 Å². The van der Waals surface area contributed by atoms with Crippen molar-refractivity contribution in [2.75, 3.05) is 0 Å². The highest BCUT2D eigenvalue weighted by Gasteiger charge is 2.33. The molecule has 3 aromatic carbocycles. The number of hydrogen-bond acceptors (Lipinski definition) is 2. The van der Waals surface area contributed by atoms with Crippen LogP contribution in [-0.4, -0.2) is 5.97 Å². The van der Waals surface area contributed by atoms with Gasteiger partial charge in [-0.05, 0) is 52.0 Å². The molecule has 0 aliphatic heterocycles. The summed E-state index contributed by atoms with van der Waals surface area (Å²) in [6, 6.07) is 24.5. The maximum atomic E-state index is 13.2. The van der Waals surface area contributed by atoms with Crippen molar-refractivity contribution in [3.05, 3.63) is 95.1 Å². The summed E-state index contributed by atoms with van der Waals surface area (Å²) in [5, 5.41) is 0. The molecule has 0 aromatic heterocycles. The molecule has 3 aromatic rings. The lowest BCUT2D eigenvalue weighted by atomic mass is 9.67. The van der Waals surface area contributed by atoms with Crippen LogP contribution in [-0.2, 0) is 4.74 Å². The van der Waals surface area contributed by atoms with Gasteiger partial charge in [0, 0.05) is 11.1 Å². The van der Waals surface area contributed by atoms with Gasteiger partial charge in [0.1, 0.15) is 0 Å². The highest BCUT2D eigenvalue weighted by molar-refractivity contribution is 5.90. The van der Waals surface area contributed by atoms with E-state index in [0.717, 1.165) is 35.1 Å². The van der Waals surface area contributed by atoms with Crippen molar-refractivity contribution in [2.45, 2.75) is 66.4 Å². The lowest BCUT2D eigenvalue weighted by Gasteiger charge is -2.38. The zero-order chi connectivity index (χ0) is 23.8. The van der Waals surface area contributed by atoms with Gasteiger partial charge in [-0.25, -0.2) is 4.79 Å². The number of ether oxygens (including phenoxy) is 1. The molecular weight excluding hydrogens is 404 g/mol. The monoisotopic (exact) mass is 440 g/mol. The second kappa shape index (κ2) is 8.82. The fourth-order valence-corrected chi connectivity index (χ4v) is 4.97. The molecule has 33 heavy (non-hydrogen) atoms. The second-order valence-corrected chi connectivity index (χ2v) is 11.2. The highest BCUT2D eigenvalue weighted by Crippen LogP contribution is 2.46. The van der Waals surface area contributed by atoms with Gasteiger partial charge in [0.15, 0.2) is 6.10 Å². The first-order chi connectivity index (χ1) is 15.6. The molecule has 1 aliphatic rings. The van der Waals surface area contributed by atoms with Crippen LogP contribution in [0.2, 0.25) is 0 Å². The third-order valence-corrected chi connectivity index (χ3v) is 7.22. The summed E-state index contributed by atoms with van der Waals surface area (Å²) in [5.74, 6) is 0.154. The van der Waals surface area contributed by atoms with E-state index in [9.17, 15) is 4.79 Å². The summed E-state index contributed by atoms with van der Waals surface area (Å²) in [6.45, 7) is 13.9. The normalized spacial score (nSPS) is 14.5. The molecule has 172 valence electrons. The van der Waals surface area contributed by atoms with Crippen LogP contribution in [0.25, 0.3) is 11.1 Å². The lowest BCUT2D eigenvalue weighted by molar-refractivity contribution is 0.0385. The topological polar surface area (TPSA) is 26.3 Å². The Hall–Kier alpha value is -2.87. The molecule has 0 bridgehead atoms. The summed E-state index contributed by atoms with van der Waals surface area (Å²) in [6.07, 6.45) is 1.85. The summed E-state index contributed by atoms with van der Waals surface area (Å²) in [7, 11) is 0. The van der Waals surface area contributed by atoms with Gasteiger partial charge in [-0.15, -0.1) is 0 Å². The Morgan fingerprint density at radius 1 is 0.818 bits per heavy atom. The Morgan fingerprint density at radius 2 is 1.33 bits per heavy atom. The molecule has 0 saturated heterocycles. The Labute approximate surface area is 199 Å². The molecule has 1 unspecified atom stereocenters. The van der Waals surface area contributed by atoms with Crippen LogP contribution in [0, 0.1) is 10.8 Å². The second-order valence-electron chi connectivity index (χ2n) is 11.2. The van der Waals surface area contributed by atoms with Crippen LogP contribution in [0.3, 0.4) is 0 Å². The quantitative estimate of drug-likeness (QED) is 0.359. The minimum atomic E-state index is -0.364. The van der Waals surface area contributed by atoms with Crippen LogP contribution < -0.4 is 0 Å². The fraction of sp³-hybridized carbons (Fsp3) is 0.387. The molecule has 0 spiro atoms. The minimum absolute atomic E-state index is 0.187. The highest BCUT2D eigenvalue weighted by atomic mass is 16.5. The molecule has 0 fully saturated rings. The molecule has 0 amide bonds. The van der Waals surface area contributed by atoms with E-state index in [2.05, 4.69) is 77.9 Å². The predicted molar refractivity (Wildman–Crippen MR) is 136 cm³/mol. The van der Waals surface area contributed by atoms with E-state index in [0.29, 0.717) is 11.5 Å². The van der Waals surface area contributed by atoms with Crippen molar-refractivity contribution in [1.82, 2.24) is 0 Å². The number of fused-ring (bicyclic) bond motifs is 3. The number of esters is 1. The molecule has 0 saturated carbocycles. The third kappa shape index (κ3) is 4.76. The van der Waals surface area contributed by atoms with Crippen LogP contribution in [0.15, 0.2) is 72.8 Å². The molecule has 0 N–H and O–H groups in total. The summed E-state index contributed by atoms with van der Waals surface area (Å²) in [4.78, 5) is 13.2. The van der Waals surface area contributed by atoms with Crippen LogP contribution in [0.5, 0.6) is 0 Å². The Kier molecular flexibility index (Phi) is 6.22. The molecule has 0 radical (unpaired) electrons. The van der Waals surface area contributed by atoms with Crippen molar-refractivity contribution >= 4 is 5.97 Å². The molecule has 4 rings (SSSR count).